The lowest BCUT2D eigenvalue weighted by Gasteiger charge is -2.19. The second-order valence-electron chi connectivity index (χ2n) is 5.26. The topological polar surface area (TPSA) is 15.3 Å². The first-order chi connectivity index (χ1) is 9.19. The Labute approximate surface area is 118 Å². The lowest BCUT2D eigenvalue weighted by Crippen LogP contribution is -2.17. The minimum atomic E-state index is 0.462. The number of allylic oxidation sites excluding steroid dienone is 1. The summed E-state index contributed by atoms with van der Waals surface area (Å²) in [6.07, 6.45) is 8.17. The van der Waals surface area contributed by atoms with E-state index in [0.717, 1.165) is 6.42 Å². The summed E-state index contributed by atoms with van der Waals surface area (Å²) in [5.74, 6) is 0. The number of benzene rings is 1. The van der Waals surface area contributed by atoms with Gasteiger partial charge < -0.3 is 10.2 Å². The van der Waals surface area contributed by atoms with Gasteiger partial charge in [-0.25, -0.2) is 0 Å². The molecule has 1 N–H and O–H groups in total. The zero-order chi connectivity index (χ0) is 14.1. The highest BCUT2D eigenvalue weighted by Gasteiger charge is 2.09. The zero-order valence-corrected chi connectivity index (χ0v) is 12.7. The van der Waals surface area contributed by atoms with Gasteiger partial charge in [-0.1, -0.05) is 31.1 Å². The summed E-state index contributed by atoms with van der Waals surface area (Å²) in [5, 5.41) is 3.44. The molecule has 0 heterocycles. The van der Waals surface area contributed by atoms with Gasteiger partial charge in [0.1, 0.15) is 0 Å². The summed E-state index contributed by atoms with van der Waals surface area (Å²) < 4.78 is 0. The van der Waals surface area contributed by atoms with Crippen molar-refractivity contribution in [2.45, 2.75) is 38.1 Å². The van der Waals surface area contributed by atoms with Crippen LogP contribution in [0.4, 0.5) is 5.69 Å². The van der Waals surface area contributed by atoms with Gasteiger partial charge in [0.2, 0.25) is 0 Å². The van der Waals surface area contributed by atoms with Crippen LogP contribution in [0.2, 0.25) is 0 Å². The van der Waals surface area contributed by atoms with E-state index in [1.807, 2.05) is 6.08 Å². The second kappa shape index (κ2) is 8.76. The van der Waals surface area contributed by atoms with Crippen molar-refractivity contribution >= 4 is 5.69 Å². The maximum atomic E-state index is 3.77. The van der Waals surface area contributed by atoms with Crippen LogP contribution in [0, 0.1) is 0 Å². The number of nitrogens with one attached hydrogen (secondary N) is 1. The van der Waals surface area contributed by atoms with Crippen molar-refractivity contribution in [1.82, 2.24) is 5.32 Å². The first-order valence-corrected chi connectivity index (χ1v) is 7.24. The molecule has 1 aromatic rings. The highest BCUT2D eigenvalue weighted by Crippen LogP contribution is 2.23. The summed E-state index contributed by atoms with van der Waals surface area (Å²) >= 11 is 0. The summed E-state index contributed by atoms with van der Waals surface area (Å²) in [4.78, 5) is 2.15. The summed E-state index contributed by atoms with van der Waals surface area (Å²) in [7, 11) is 6.22. The molecule has 0 aliphatic heterocycles. The Kier molecular flexibility index (Phi) is 7.27. The predicted octanol–water partition coefficient (Wildman–Crippen LogP) is 4.15. The Morgan fingerprint density at radius 1 is 1.26 bits per heavy atom. The molecule has 106 valence electrons. The van der Waals surface area contributed by atoms with Gasteiger partial charge in [0, 0.05) is 25.8 Å². The third-order valence-corrected chi connectivity index (χ3v) is 3.54. The van der Waals surface area contributed by atoms with Gasteiger partial charge in [0.05, 0.1) is 0 Å². The molecule has 0 aromatic heterocycles. The highest BCUT2D eigenvalue weighted by atomic mass is 15.1. The molecule has 0 radical (unpaired) electrons. The molecule has 0 bridgehead atoms. The summed E-state index contributed by atoms with van der Waals surface area (Å²) in [5.41, 5.74) is 2.65. The number of nitrogens with zero attached hydrogens (tertiary/aromatic N) is 1. The number of hydrogen-bond acceptors (Lipinski definition) is 2. The molecule has 0 spiro atoms. The van der Waals surface area contributed by atoms with Crippen LogP contribution >= 0.6 is 0 Å². The van der Waals surface area contributed by atoms with E-state index < -0.39 is 0 Å². The van der Waals surface area contributed by atoms with Gasteiger partial charge in [0.15, 0.2) is 0 Å². The van der Waals surface area contributed by atoms with Crippen LogP contribution in [0.15, 0.2) is 36.9 Å². The van der Waals surface area contributed by atoms with Crippen molar-refractivity contribution in [3.8, 4) is 0 Å². The number of unbranched alkanes of at least 4 members (excludes halogenated alkanes) is 3. The molecule has 0 aliphatic carbocycles. The number of rotatable bonds is 9. The molecule has 0 aliphatic rings. The second-order valence-corrected chi connectivity index (χ2v) is 5.26. The Morgan fingerprint density at radius 2 is 2.05 bits per heavy atom. The zero-order valence-electron chi connectivity index (χ0n) is 12.7. The predicted molar refractivity (Wildman–Crippen MR) is 85.9 cm³/mol. The molecule has 0 amide bonds. The normalized spacial score (nSPS) is 12.2. The molecule has 1 atom stereocenters. The van der Waals surface area contributed by atoms with E-state index in [1.54, 1.807) is 0 Å². The molecule has 19 heavy (non-hydrogen) atoms. The van der Waals surface area contributed by atoms with Gasteiger partial charge in [-0.2, -0.15) is 0 Å². The van der Waals surface area contributed by atoms with Gasteiger partial charge >= 0.3 is 0 Å². The smallest absolute Gasteiger partial charge is 0.0364 e. The number of hydrogen-bond donors (Lipinski definition) is 1. The van der Waals surface area contributed by atoms with E-state index >= 15 is 0 Å². The molecule has 0 fully saturated rings. The largest absolute Gasteiger partial charge is 0.378 e. The summed E-state index contributed by atoms with van der Waals surface area (Å²) in [6.45, 7) is 3.77. The Bertz CT molecular complexity index is 371. The molecule has 0 saturated heterocycles. The van der Waals surface area contributed by atoms with Gasteiger partial charge in [0.25, 0.3) is 0 Å². The van der Waals surface area contributed by atoms with Crippen molar-refractivity contribution in [3.63, 3.8) is 0 Å². The standard InChI is InChI=1S/C17H28N2/c1-5-6-7-8-9-13-17(18-2)15-11-10-12-16(14-15)19(3)4/h5,10-12,14,17-18H,1,6-9,13H2,2-4H3. The van der Waals surface area contributed by atoms with Gasteiger partial charge in [-0.15, -0.1) is 6.58 Å². The molecule has 2 nitrogen and oxygen atoms in total. The van der Waals surface area contributed by atoms with E-state index in [1.165, 1.54) is 36.9 Å². The van der Waals surface area contributed by atoms with Crippen LogP contribution < -0.4 is 10.2 Å². The average Bonchev–Trinajstić information content (AvgIpc) is 2.43. The Hall–Kier alpha value is -1.28. The van der Waals surface area contributed by atoms with Crippen molar-refractivity contribution in [2.75, 3.05) is 26.0 Å². The van der Waals surface area contributed by atoms with E-state index in [9.17, 15) is 0 Å². The fourth-order valence-electron chi connectivity index (χ4n) is 2.31. The van der Waals surface area contributed by atoms with E-state index in [0.29, 0.717) is 6.04 Å². The fourth-order valence-corrected chi connectivity index (χ4v) is 2.31. The van der Waals surface area contributed by atoms with Crippen LogP contribution in [0.25, 0.3) is 0 Å². The monoisotopic (exact) mass is 260 g/mol. The maximum absolute atomic E-state index is 3.77. The van der Waals surface area contributed by atoms with Crippen LogP contribution in [0.1, 0.15) is 43.7 Å². The Morgan fingerprint density at radius 3 is 2.68 bits per heavy atom. The van der Waals surface area contributed by atoms with E-state index in [2.05, 4.69) is 62.2 Å². The first-order valence-electron chi connectivity index (χ1n) is 7.24. The molecular formula is C17H28N2. The lowest BCUT2D eigenvalue weighted by atomic mass is 9.99. The lowest BCUT2D eigenvalue weighted by molar-refractivity contribution is 0.508. The van der Waals surface area contributed by atoms with Crippen molar-refractivity contribution in [2.24, 2.45) is 0 Å². The first kappa shape index (κ1) is 15.8. The van der Waals surface area contributed by atoms with Crippen molar-refractivity contribution < 1.29 is 0 Å². The third-order valence-electron chi connectivity index (χ3n) is 3.54. The van der Waals surface area contributed by atoms with Crippen molar-refractivity contribution in [1.29, 1.82) is 0 Å². The van der Waals surface area contributed by atoms with E-state index in [4.69, 9.17) is 0 Å². The molecule has 1 aromatic carbocycles. The van der Waals surface area contributed by atoms with E-state index in [-0.39, 0.29) is 0 Å². The average molecular weight is 260 g/mol. The highest BCUT2D eigenvalue weighted by molar-refractivity contribution is 5.47. The summed E-state index contributed by atoms with van der Waals surface area (Å²) in [6, 6.07) is 9.26. The molecular weight excluding hydrogens is 232 g/mol. The maximum Gasteiger partial charge on any atom is 0.0364 e. The molecule has 0 saturated carbocycles. The van der Waals surface area contributed by atoms with Gasteiger partial charge in [-0.3, -0.25) is 0 Å². The minimum absolute atomic E-state index is 0.462. The van der Waals surface area contributed by atoms with Crippen LogP contribution in [-0.2, 0) is 0 Å². The van der Waals surface area contributed by atoms with Crippen LogP contribution in [-0.4, -0.2) is 21.1 Å². The quantitative estimate of drug-likeness (QED) is 0.530. The van der Waals surface area contributed by atoms with Gasteiger partial charge in [-0.05, 0) is 44.0 Å². The minimum Gasteiger partial charge on any atom is -0.378 e. The third kappa shape index (κ3) is 5.48. The Balaban J connectivity index is 2.54. The van der Waals surface area contributed by atoms with Crippen LogP contribution in [0.5, 0.6) is 0 Å². The molecule has 1 unspecified atom stereocenters. The SMILES string of the molecule is C=CCCCCCC(NC)c1cccc(N(C)C)c1. The van der Waals surface area contributed by atoms with Crippen LogP contribution in [0.3, 0.4) is 0 Å². The molecule has 1 rings (SSSR count). The number of anilines is 1. The fraction of sp³-hybridized carbons (Fsp3) is 0.529. The van der Waals surface area contributed by atoms with Crippen molar-refractivity contribution in [3.05, 3.63) is 42.5 Å². The molecule has 2 heteroatoms.